The fourth-order valence-corrected chi connectivity index (χ4v) is 2.81. The highest BCUT2D eigenvalue weighted by atomic mass is 16.5. The molecule has 1 aliphatic rings. The normalized spacial score (nSPS) is 19.6. The summed E-state index contributed by atoms with van der Waals surface area (Å²) in [6, 6.07) is 10.3. The lowest BCUT2D eigenvalue weighted by molar-refractivity contribution is 0.106. The largest absolute Gasteiger partial charge is 0.375 e. The van der Waals surface area contributed by atoms with Crippen molar-refractivity contribution in [2.75, 3.05) is 33.8 Å². The van der Waals surface area contributed by atoms with Gasteiger partial charge in [-0.15, -0.1) is 0 Å². The van der Waals surface area contributed by atoms with Crippen LogP contribution in [0.15, 0.2) is 35.3 Å². The van der Waals surface area contributed by atoms with Crippen molar-refractivity contribution < 1.29 is 4.74 Å². The first-order valence-corrected chi connectivity index (χ1v) is 7.59. The number of hydrogen-bond acceptors (Lipinski definition) is 2. The molecule has 0 saturated carbocycles. The van der Waals surface area contributed by atoms with Gasteiger partial charge in [0, 0.05) is 33.8 Å². The standard InChI is InChI=1S/C17H27N3O/c1-17(2)10-11-20(13-17)16(18-3)19-12-15(21-4)14-8-6-5-7-9-14/h5-9,15H,10-13H2,1-4H3,(H,18,19). The summed E-state index contributed by atoms with van der Waals surface area (Å²) in [6.07, 6.45) is 1.25. The molecule has 1 fully saturated rings. The van der Waals surface area contributed by atoms with Crippen LogP contribution in [0.2, 0.25) is 0 Å². The summed E-state index contributed by atoms with van der Waals surface area (Å²) in [4.78, 5) is 6.74. The molecule has 1 aromatic rings. The molecule has 0 bridgehead atoms. The maximum absolute atomic E-state index is 5.60. The molecule has 1 heterocycles. The van der Waals surface area contributed by atoms with Crippen LogP contribution in [0, 0.1) is 5.41 Å². The quantitative estimate of drug-likeness (QED) is 0.684. The highest BCUT2D eigenvalue weighted by Gasteiger charge is 2.31. The van der Waals surface area contributed by atoms with Gasteiger partial charge in [-0.3, -0.25) is 4.99 Å². The molecule has 0 radical (unpaired) electrons. The van der Waals surface area contributed by atoms with Gasteiger partial charge < -0.3 is 15.0 Å². The van der Waals surface area contributed by atoms with Gasteiger partial charge >= 0.3 is 0 Å². The van der Waals surface area contributed by atoms with Crippen molar-refractivity contribution in [1.29, 1.82) is 0 Å². The summed E-state index contributed by atoms with van der Waals surface area (Å²) in [7, 11) is 3.60. The number of likely N-dealkylation sites (tertiary alicyclic amines) is 1. The SMILES string of the molecule is CN=C(NCC(OC)c1ccccc1)N1CCC(C)(C)C1. The second-order valence-electron chi connectivity index (χ2n) is 6.40. The number of nitrogens with zero attached hydrogens (tertiary/aromatic N) is 2. The van der Waals surface area contributed by atoms with Crippen molar-refractivity contribution in [2.45, 2.75) is 26.4 Å². The van der Waals surface area contributed by atoms with Crippen LogP contribution in [0.1, 0.15) is 31.9 Å². The Bertz CT molecular complexity index is 470. The van der Waals surface area contributed by atoms with Crippen molar-refractivity contribution >= 4 is 5.96 Å². The lowest BCUT2D eigenvalue weighted by atomic mass is 9.93. The van der Waals surface area contributed by atoms with E-state index in [9.17, 15) is 0 Å². The van der Waals surface area contributed by atoms with Crippen molar-refractivity contribution in [2.24, 2.45) is 10.4 Å². The predicted molar refractivity (Wildman–Crippen MR) is 87.5 cm³/mol. The summed E-state index contributed by atoms with van der Waals surface area (Å²) >= 11 is 0. The van der Waals surface area contributed by atoms with E-state index < -0.39 is 0 Å². The Hall–Kier alpha value is -1.55. The van der Waals surface area contributed by atoms with Crippen LogP contribution < -0.4 is 5.32 Å². The molecule has 1 unspecified atom stereocenters. The average Bonchev–Trinajstić information content (AvgIpc) is 2.85. The molecule has 0 spiro atoms. The smallest absolute Gasteiger partial charge is 0.193 e. The van der Waals surface area contributed by atoms with Crippen molar-refractivity contribution in [3.05, 3.63) is 35.9 Å². The molecule has 0 aliphatic carbocycles. The fraction of sp³-hybridized carbons (Fsp3) is 0.588. The minimum absolute atomic E-state index is 0.0403. The van der Waals surface area contributed by atoms with Gasteiger partial charge in [0.2, 0.25) is 0 Å². The maximum Gasteiger partial charge on any atom is 0.193 e. The van der Waals surface area contributed by atoms with E-state index >= 15 is 0 Å². The molecule has 1 aliphatic heterocycles. The van der Waals surface area contributed by atoms with E-state index in [1.807, 2.05) is 25.2 Å². The molecule has 0 amide bonds. The van der Waals surface area contributed by atoms with Gasteiger partial charge in [0.25, 0.3) is 0 Å². The van der Waals surface area contributed by atoms with Gasteiger partial charge in [-0.2, -0.15) is 0 Å². The summed E-state index contributed by atoms with van der Waals surface area (Å²) in [6.45, 7) is 7.46. The Morgan fingerprint density at radius 3 is 2.62 bits per heavy atom. The Balaban J connectivity index is 1.94. The zero-order valence-corrected chi connectivity index (χ0v) is 13.6. The molecule has 4 nitrogen and oxygen atoms in total. The molecular formula is C17H27N3O. The van der Waals surface area contributed by atoms with Crippen LogP contribution in [0.25, 0.3) is 0 Å². The summed E-state index contributed by atoms with van der Waals surface area (Å²) in [5.74, 6) is 0.971. The second-order valence-corrected chi connectivity index (χ2v) is 6.40. The third-order valence-corrected chi connectivity index (χ3v) is 4.09. The third-order valence-electron chi connectivity index (χ3n) is 4.09. The molecule has 1 atom stereocenters. The lowest BCUT2D eigenvalue weighted by Crippen LogP contribution is -2.42. The van der Waals surface area contributed by atoms with Gasteiger partial charge in [-0.1, -0.05) is 44.2 Å². The second kappa shape index (κ2) is 6.94. The Kier molecular flexibility index (Phi) is 5.23. The first-order valence-electron chi connectivity index (χ1n) is 7.59. The molecule has 1 saturated heterocycles. The van der Waals surface area contributed by atoms with E-state index in [1.54, 1.807) is 7.11 Å². The number of nitrogens with one attached hydrogen (secondary N) is 1. The monoisotopic (exact) mass is 289 g/mol. The van der Waals surface area contributed by atoms with Gasteiger partial charge in [0.1, 0.15) is 0 Å². The molecule has 1 aromatic carbocycles. The first-order chi connectivity index (χ1) is 10.1. The number of guanidine groups is 1. The molecule has 1 N–H and O–H groups in total. The number of hydrogen-bond donors (Lipinski definition) is 1. The van der Waals surface area contributed by atoms with Gasteiger partial charge in [-0.05, 0) is 17.4 Å². The summed E-state index contributed by atoms with van der Waals surface area (Å²) in [5.41, 5.74) is 1.56. The van der Waals surface area contributed by atoms with Gasteiger partial charge in [-0.25, -0.2) is 0 Å². The van der Waals surface area contributed by atoms with E-state index in [2.05, 4.69) is 41.2 Å². The lowest BCUT2D eigenvalue weighted by Gasteiger charge is -2.25. The van der Waals surface area contributed by atoms with Gasteiger partial charge in [0.05, 0.1) is 6.10 Å². The van der Waals surface area contributed by atoms with Crippen molar-refractivity contribution in [3.8, 4) is 0 Å². The van der Waals surface area contributed by atoms with Crippen LogP contribution in [0.5, 0.6) is 0 Å². The van der Waals surface area contributed by atoms with E-state index in [1.165, 1.54) is 12.0 Å². The Morgan fingerprint density at radius 1 is 1.38 bits per heavy atom. The highest BCUT2D eigenvalue weighted by molar-refractivity contribution is 5.80. The first kappa shape index (κ1) is 15.8. The third kappa shape index (κ3) is 4.21. The summed E-state index contributed by atoms with van der Waals surface area (Å²) in [5, 5.41) is 3.45. The molecular weight excluding hydrogens is 262 g/mol. The van der Waals surface area contributed by atoms with E-state index in [0.29, 0.717) is 5.41 Å². The zero-order valence-electron chi connectivity index (χ0n) is 13.6. The fourth-order valence-electron chi connectivity index (χ4n) is 2.81. The zero-order chi connectivity index (χ0) is 15.3. The predicted octanol–water partition coefficient (Wildman–Crippen LogP) is 2.68. The van der Waals surface area contributed by atoms with Gasteiger partial charge in [0.15, 0.2) is 5.96 Å². The van der Waals surface area contributed by atoms with E-state index in [-0.39, 0.29) is 6.10 Å². The number of aliphatic imine (C=N–C) groups is 1. The van der Waals surface area contributed by atoms with Crippen LogP contribution in [0.3, 0.4) is 0 Å². The highest BCUT2D eigenvalue weighted by Crippen LogP contribution is 2.28. The number of ether oxygens (including phenoxy) is 1. The number of methoxy groups -OCH3 is 1. The molecule has 0 aromatic heterocycles. The molecule has 21 heavy (non-hydrogen) atoms. The van der Waals surface area contributed by atoms with Crippen molar-refractivity contribution in [3.63, 3.8) is 0 Å². The average molecular weight is 289 g/mol. The number of benzene rings is 1. The topological polar surface area (TPSA) is 36.9 Å². The molecule has 4 heteroatoms. The van der Waals surface area contributed by atoms with Crippen LogP contribution in [-0.2, 0) is 4.74 Å². The van der Waals surface area contributed by atoms with E-state index in [4.69, 9.17) is 4.74 Å². The summed E-state index contributed by atoms with van der Waals surface area (Å²) < 4.78 is 5.60. The molecule has 116 valence electrons. The number of rotatable bonds is 4. The van der Waals surface area contributed by atoms with Crippen molar-refractivity contribution in [1.82, 2.24) is 10.2 Å². The molecule has 2 rings (SSSR count). The van der Waals surface area contributed by atoms with Crippen LogP contribution in [0.4, 0.5) is 0 Å². The minimum Gasteiger partial charge on any atom is -0.375 e. The van der Waals surface area contributed by atoms with Crippen LogP contribution in [-0.4, -0.2) is 44.7 Å². The van der Waals surface area contributed by atoms with E-state index in [0.717, 1.165) is 25.6 Å². The minimum atomic E-state index is 0.0403. The Labute approximate surface area is 128 Å². The maximum atomic E-state index is 5.60. The Morgan fingerprint density at radius 2 is 2.10 bits per heavy atom. The van der Waals surface area contributed by atoms with Crippen LogP contribution >= 0.6 is 0 Å².